The van der Waals surface area contributed by atoms with E-state index in [0.29, 0.717) is 5.02 Å². The van der Waals surface area contributed by atoms with Crippen molar-refractivity contribution < 1.29 is 0 Å². The average molecular weight is 275 g/mol. The second-order valence-corrected chi connectivity index (χ2v) is 5.08. The van der Waals surface area contributed by atoms with E-state index in [1.165, 1.54) is 0 Å². The second kappa shape index (κ2) is 7.22. The molecular formula is C13H20Cl2N2. The third-order valence-electron chi connectivity index (χ3n) is 2.91. The van der Waals surface area contributed by atoms with Crippen molar-refractivity contribution in [1.82, 2.24) is 10.2 Å². The van der Waals surface area contributed by atoms with E-state index in [0.717, 1.165) is 30.2 Å². The Bertz CT molecular complexity index is 355. The summed E-state index contributed by atoms with van der Waals surface area (Å²) in [4.78, 5) is 2.27. The standard InChI is InChI=1S/C13H20Cl2N2/c1-4-17(3)8-7-16-10(2)12-6-5-11(14)9-13(12)15/h5-6,9-10,16H,4,7-8H2,1-3H3. The lowest BCUT2D eigenvalue weighted by Crippen LogP contribution is -2.30. The maximum absolute atomic E-state index is 6.16. The molecule has 0 heterocycles. The Hall–Kier alpha value is -0.280. The van der Waals surface area contributed by atoms with Gasteiger partial charge in [0.1, 0.15) is 0 Å². The van der Waals surface area contributed by atoms with Gasteiger partial charge in [-0.1, -0.05) is 36.2 Å². The fourth-order valence-corrected chi connectivity index (χ4v) is 2.16. The molecule has 1 N–H and O–H groups in total. The van der Waals surface area contributed by atoms with Gasteiger partial charge in [-0.15, -0.1) is 0 Å². The lowest BCUT2D eigenvalue weighted by Gasteiger charge is -2.19. The van der Waals surface area contributed by atoms with Gasteiger partial charge in [-0.3, -0.25) is 0 Å². The third-order valence-corrected chi connectivity index (χ3v) is 3.48. The predicted molar refractivity (Wildman–Crippen MR) is 76.1 cm³/mol. The first-order valence-electron chi connectivity index (χ1n) is 5.91. The number of benzene rings is 1. The summed E-state index contributed by atoms with van der Waals surface area (Å²) in [5.74, 6) is 0. The topological polar surface area (TPSA) is 15.3 Å². The lowest BCUT2D eigenvalue weighted by molar-refractivity contribution is 0.342. The Morgan fingerprint density at radius 1 is 1.35 bits per heavy atom. The van der Waals surface area contributed by atoms with Gasteiger partial charge in [-0.25, -0.2) is 0 Å². The number of hydrogen-bond acceptors (Lipinski definition) is 2. The fourth-order valence-electron chi connectivity index (χ4n) is 1.59. The van der Waals surface area contributed by atoms with Gasteiger partial charge in [0.25, 0.3) is 0 Å². The molecule has 0 aliphatic carbocycles. The molecule has 0 aliphatic rings. The number of nitrogens with one attached hydrogen (secondary N) is 1. The molecule has 0 spiro atoms. The van der Waals surface area contributed by atoms with Gasteiger partial charge >= 0.3 is 0 Å². The summed E-state index contributed by atoms with van der Waals surface area (Å²) in [5.41, 5.74) is 1.09. The molecule has 0 saturated carbocycles. The summed E-state index contributed by atoms with van der Waals surface area (Å²) < 4.78 is 0. The van der Waals surface area contributed by atoms with Crippen LogP contribution in [0.3, 0.4) is 0 Å². The number of nitrogens with zero attached hydrogens (tertiary/aromatic N) is 1. The van der Waals surface area contributed by atoms with Gasteiger partial charge in [0, 0.05) is 29.2 Å². The van der Waals surface area contributed by atoms with Gasteiger partial charge < -0.3 is 10.2 Å². The molecule has 0 saturated heterocycles. The lowest BCUT2D eigenvalue weighted by atomic mass is 10.1. The van der Waals surface area contributed by atoms with Crippen molar-refractivity contribution in [2.24, 2.45) is 0 Å². The molecule has 1 rings (SSSR count). The van der Waals surface area contributed by atoms with E-state index in [1.54, 1.807) is 6.07 Å². The van der Waals surface area contributed by atoms with Crippen molar-refractivity contribution in [1.29, 1.82) is 0 Å². The van der Waals surface area contributed by atoms with Gasteiger partial charge in [0.15, 0.2) is 0 Å². The second-order valence-electron chi connectivity index (χ2n) is 4.24. The molecule has 1 aromatic rings. The first kappa shape index (κ1) is 14.8. The van der Waals surface area contributed by atoms with Crippen molar-refractivity contribution in [3.8, 4) is 0 Å². The largest absolute Gasteiger partial charge is 0.309 e. The minimum atomic E-state index is 0.241. The maximum Gasteiger partial charge on any atom is 0.0468 e. The van der Waals surface area contributed by atoms with Crippen LogP contribution in [0.2, 0.25) is 10.0 Å². The summed E-state index contributed by atoms with van der Waals surface area (Å²) in [6, 6.07) is 5.88. The van der Waals surface area contributed by atoms with Crippen LogP contribution in [0, 0.1) is 0 Å². The van der Waals surface area contributed by atoms with Crippen LogP contribution in [-0.4, -0.2) is 31.6 Å². The molecule has 0 amide bonds. The molecule has 2 nitrogen and oxygen atoms in total. The van der Waals surface area contributed by atoms with Crippen LogP contribution in [-0.2, 0) is 0 Å². The van der Waals surface area contributed by atoms with Crippen molar-refractivity contribution >= 4 is 23.2 Å². The van der Waals surface area contributed by atoms with E-state index in [-0.39, 0.29) is 6.04 Å². The highest BCUT2D eigenvalue weighted by atomic mass is 35.5. The van der Waals surface area contributed by atoms with E-state index in [2.05, 4.69) is 31.1 Å². The molecule has 0 fully saturated rings. The van der Waals surface area contributed by atoms with E-state index in [9.17, 15) is 0 Å². The number of likely N-dealkylation sites (N-methyl/N-ethyl adjacent to an activating group) is 1. The molecule has 1 aromatic carbocycles. The number of halogens is 2. The van der Waals surface area contributed by atoms with E-state index in [1.807, 2.05) is 12.1 Å². The maximum atomic E-state index is 6.16. The van der Waals surface area contributed by atoms with Gasteiger partial charge in [-0.2, -0.15) is 0 Å². The molecule has 0 aliphatic heterocycles. The summed E-state index contributed by atoms with van der Waals surface area (Å²) >= 11 is 12.0. The Labute approximate surface area is 114 Å². The van der Waals surface area contributed by atoms with E-state index >= 15 is 0 Å². The van der Waals surface area contributed by atoms with E-state index < -0.39 is 0 Å². The Balaban J connectivity index is 2.49. The van der Waals surface area contributed by atoms with Crippen LogP contribution in [0.15, 0.2) is 18.2 Å². The van der Waals surface area contributed by atoms with Crippen LogP contribution in [0.5, 0.6) is 0 Å². The predicted octanol–water partition coefficient (Wildman–Crippen LogP) is 3.60. The number of rotatable bonds is 6. The SMILES string of the molecule is CCN(C)CCNC(C)c1ccc(Cl)cc1Cl. The van der Waals surface area contributed by atoms with Crippen LogP contribution in [0.4, 0.5) is 0 Å². The molecular weight excluding hydrogens is 255 g/mol. The Morgan fingerprint density at radius 3 is 2.65 bits per heavy atom. The van der Waals surface area contributed by atoms with Crippen molar-refractivity contribution in [2.45, 2.75) is 19.9 Å². The molecule has 4 heteroatoms. The van der Waals surface area contributed by atoms with Crippen LogP contribution in [0.1, 0.15) is 25.5 Å². The molecule has 17 heavy (non-hydrogen) atoms. The van der Waals surface area contributed by atoms with E-state index in [4.69, 9.17) is 23.2 Å². The minimum Gasteiger partial charge on any atom is -0.309 e. The normalized spacial score (nSPS) is 13.1. The molecule has 0 aromatic heterocycles. The van der Waals surface area contributed by atoms with Crippen molar-refractivity contribution in [2.75, 3.05) is 26.7 Å². The smallest absolute Gasteiger partial charge is 0.0468 e. The van der Waals surface area contributed by atoms with Crippen LogP contribution >= 0.6 is 23.2 Å². The highest BCUT2D eigenvalue weighted by molar-refractivity contribution is 6.35. The summed E-state index contributed by atoms with van der Waals surface area (Å²) in [6.45, 7) is 7.31. The quantitative estimate of drug-likeness (QED) is 0.853. The van der Waals surface area contributed by atoms with Crippen LogP contribution < -0.4 is 5.32 Å². The summed E-state index contributed by atoms with van der Waals surface area (Å²) in [6.07, 6.45) is 0. The summed E-state index contributed by atoms with van der Waals surface area (Å²) in [7, 11) is 2.11. The highest BCUT2D eigenvalue weighted by Gasteiger charge is 2.09. The first-order valence-corrected chi connectivity index (χ1v) is 6.67. The molecule has 1 atom stereocenters. The summed E-state index contributed by atoms with van der Waals surface area (Å²) in [5, 5.41) is 4.86. The average Bonchev–Trinajstić information content (AvgIpc) is 2.28. The number of hydrogen-bond donors (Lipinski definition) is 1. The van der Waals surface area contributed by atoms with Crippen molar-refractivity contribution in [3.63, 3.8) is 0 Å². The first-order chi connectivity index (χ1) is 8.04. The molecule has 0 bridgehead atoms. The third kappa shape index (κ3) is 4.84. The minimum absolute atomic E-state index is 0.241. The Morgan fingerprint density at radius 2 is 2.06 bits per heavy atom. The zero-order valence-electron chi connectivity index (χ0n) is 10.6. The van der Waals surface area contributed by atoms with Gasteiger partial charge in [0.05, 0.1) is 0 Å². The fraction of sp³-hybridized carbons (Fsp3) is 0.538. The molecule has 96 valence electrons. The zero-order valence-corrected chi connectivity index (χ0v) is 12.1. The van der Waals surface area contributed by atoms with Crippen molar-refractivity contribution in [3.05, 3.63) is 33.8 Å². The highest BCUT2D eigenvalue weighted by Crippen LogP contribution is 2.25. The molecule has 0 radical (unpaired) electrons. The van der Waals surface area contributed by atoms with Crippen LogP contribution in [0.25, 0.3) is 0 Å². The molecule has 1 unspecified atom stereocenters. The van der Waals surface area contributed by atoms with Gasteiger partial charge in [0.2, 0.25) is 0 Å². The monoisotopic (exact) mass is 274 g/mol. The zero-order chi connectivity index (χ0) is 12.8. The van der Waals surface area contributed by atoms with Gasteiger partial charge in [-0.05, 0) is 38.2 Å². The Kier molecular flexibility index (Phi) is 6.28.